The van der Waals surface area contributed by atoms with E-state index < -0.39 is 23.9 Å². The molecule has 4 rings (SSSR count). The Kier molecular flexibility index (Phi) is 4.54. The van der Waals surface area contributed by atoms with Crippen LogP contribution in [0.2, 0.25) is 0 Å². The lowest BCUT2D eigenvalue weighted by molar-refractivity contribution is -0.130. The highest BCUT2D eigenvalue weighted by molar-refractivity contribution is 5.97. The lowest BCUT2D eigenvalue weighted by Gasteiger charge is -2.34. The molecule has 0 saturated carbocycles. The molecular weight excluding hydrogens is 349 g/mol. The molecule has 1 aliphatic heterocycles. The molecule has 0 radical (unpaired) electrons. The van der Waals surface area contributed by atoms with Crippen molar-refractivity contribution >= 4 is 11.6 Å². The minimum absolute atomic E-state index is 0.0843. The summed E-state index contributed by atoms with van der Waals surface area (Å²) in [6, 6.07) is 16.7. The highest BCUT2D eigenvalue weighted by Crippen LogP contribution is 2.35. The Morgan fingerprint density at radius 2 is 1.70 bits per heavy atom. The summed E-state index contributed by atoms with van der Waals surface area (Å²) in [5, 5.41) is 0. The van der Waals surface area contributed by atoms with E-state index in [0.29, 0.717) is 17.3 Å². The number of carbonyl (C=O) groups excluding carboxylic acids is 1. The number of amides is 1. The molecule has 0 bridgehead atoms. The molecule has 1 aromatic heterocycles. The first-order valence-electron chi connectivity index (χ1n) is 8.64. The molecule has 2 heterocycles. The van der Waals surface area contributed by atoms with Crippen LogP contribution >= 0.6 is 0 Å². The summed E-state index contributed by atoms with van der Waals surface area (Å²) in [4.78, 5) is 14.6. The first-order valence-corrected chi connectivity index (χ1v) is 8.64. The highest BCUT2D eigenvalue weighted by Gasteiger charge is 2.38. The van der Waals surface area contributed by atoms with Gasteiger partial charge in [-0.2, -0.15) is 0 Å². The number of rotatable bonds is 4. The van der Waals surface area contributed by atoms with Gasteiger partial charge in [-0.05, 0) is 43.3 Å². The smallest absolute Gasteiger partial charge is 0.272 e. The van der Waals surface area contributed by atoms with Crippen LogP contribution in [-0.4, -0.2) is 18.1 Å². The molecule has 0 aliphatic carbocycles. The van der Waals surface area contributed by atoms with E-state index in [2.05, 4.69) is 0 Å². The van der Waals surface area contributed by atoms with E-state index in [1.165, 1.54) is 17.2 Å². The molecule has 138 valence electrons. The second kappa shape index (κ2) is 7.15. The van der Waals surface area contributed by atoms with Gasteiger partial charge in [0.25, 0.3) is 5.91 Å². The van der Waals surface area contributed by atoms with E-state index >= 15 is 0 Å². The highest BCUT2D eigenvalue weighted by atomic mass is 19.1. The maximum absolute atomic E-state index is 14.4. The van der Waals surface area contributed by atoms with E-state index in [0.717, 1.165) is 0 Å². The van der Waals surface area contributed by atoms with Gasteiger partial charge in [-0.25, -0.2) is 4.39 Å². The van der Waals surface area contributed by atoms with Gasteiger partial charge in [0.2, 0.25) is 6.10 Å². The molecule has 0 fully saturated rings. The number of para-hydroxylation sites is 3. The average molecular weight is 367 g/mol. The van der Waals surface area contributed by atoms with E-state index in [1.807, 2.05) is 6.07 Å². The second-order valence-electron chi connectivity index (χ2n) is 6.26. The molecule has 2 atom stereocenters. The zero-order chi connectivity index (χ0) is 18.8. The summed E-state index contributed by atoms with van der Waals surface area (Å²) in [5.41, 5.74) is 0.161. The first kappa shape index (κ1) is 17.1. The maximum atomic E-state index is 14.4. The number of fused-ring (bicyclic) bond motifs is 1. The standard InChI is InChI=1S/C21H18FNO4/c1-14-20(27-19-11-5-4-10-18(19)26-14)21(24)23(13-15-7-6-12-25-15)17-9-3-2-8-16(17)22/h2-12,14,20H,13H2,1H3/t14-,20-/m1/s1. The largest absolute Gasteiger partial charge is 0.482 e. The van der Waals surface area contributed by atoms with E-state index in [4.69, 9.17) is 13.9 Å². The van der Waals surface area contributed by atoms with Gasteiger partial charge in [0, 0.05) is 0 Å². The van der Waals surface area contributed by atoms with Gasteiger partial charge in [0.05, 0.1) is 18.5 Å². The molecule has 5 nitrogen and oxygen atoms in total. The van der Waals surface area contributed by atoms with Gasteiger partial charge in [-0.15, -0.1) is 0 Å². The van der Waals surface area contributed by atoms with Gasteiger partial charge in [-0.1, -0.05) is 24.3 Å². The van der Waals surface area contributed by atoms with E-state index in [1.54, 1.807) is 55.5 Å². The van der Waals surface area contributed by atoms with Crippen LogP contribution in [0.25, 0.3) is 0 Å². The van der Waals surface area contributed by atoms with Crippen LogP contribution in [0.15, 0.2) is 71.3 Å². The maximum Gasteiger partial charge on any atom is 0.272 e. The van der Waals surface area contributed by atoms with Crippen molar-refractivity contribution in [3.8, 4) is 11.5 Å². The minimum Gasteiger partial charge on any atom is -0.482 e. The Bertz CT molecular complexity index is 941. The van der Waals surface area contributed by atoms with Crippen molar-refractivity contribution < 1.29 is 23.1 Å². The number of carbonyl (C=O) groups is 1. The van der Waals surface area contributed by atoms with Gasteiger partial charge in [0.1, 0.15) is 17.7 Å². The van der Waals surface area contributed by atoms with Crippen LogP contribution in [0.1, 0.15) is 12.7 Å². The van der Waals surface area contributed by atoms with Crippen LogP contribution < -0.4 is 14.4 Å². The number of furan rings is 1. The van der Waals surface area contributed by atoms with Crippen LogP contribution in [0.4, 0.5) is 10.1 Å². The topological polar surface area (TPSA) is 51.9 Å². The molecule has 0 spiro atoms. The third-order valence-corrected chi connectivity index (χ3v) is 4.39. The monoisotopic (exact) mass is 367 g/mol. The molecule has 6 heteroatoms. The molecule has 3 aromatic rings. The SMILES string of the molecule is C[C@H]1Oc2ccccc2O[C@H]1C(=O)N(Cc1ccco1)c1ccccc1F. The van der Waals surface area contributed by atoms with Crippen LogP contribution in [0.3, 0.4) is 0 Å². The summed E-state index contributed by atoms with van der Waals surface area (Å²) in [7, 11) is 0. The normalized spacial score (nSPS) is 18.1. The molecule has 0 saturated heterocycles. The molecule has 1 aliphatic rings. The summed E-state index contributed by atoms with van der Waals surface area (Å²) < 4.78 is 31.5. The molecular formula is C21H18FNO4. The Labute approximate surface area is 155 Å². The lowest BCUT2D eigenvalue weighted by Crippen LogP contribution is -2.50. The third kappa shape index (κ3) is 3.38. The van der Waals surface area contributed by atoms with Gasteiger partial charge >= 0.3 is 0 Å². The second-order valence-corrected chi connectivity index (χ2v) is 6.26. The Morgan fingerprint density at radius 3 is 2.41 bits per heavy atom. The van der Waals surface area contributed by atoms with Crippen molar-refractivity contribution in [2.45, 2.75) is 25.7 Å². The van der Waals surface area contributed by atoms with Crippen LogP contribution in [0.5, 0.6) is 11.5 Å². The molecule has 2 aromatic carbocycles. The average Bonchev–Trinajstić information content (AvgIpc) is 3.19. The fraction of sp³-hybridized carbons (Fsp3) is 0.190. The van der Waals surface area contributed by atoms with Crippen molar-refractivity contribution in [2.24, 2.45) is 0 Å². The number of halogens is 1. The molecule has 0 N–H and O–H groups in total. The number of anilines is 1. The molecule has 1 amide bonds. The summed E-state index contributed by atoms with van der Waals surface area (Å²) in [5.74, 6) is 0.704. The van der Waals surface area contributed by atoms with E-state index in [-0.39, 0.29) is 12.2 Å². The van der Waals surface area contributed by atoms with Crippen molar-refractivity contribution in [3.63, 3.8) is 0 Å². The fourth-order valence-corrected chi connectivity index (χ4v) is 3.06. The van der Waals surface area contributed by atoms with Crippen molar-refractivity contribution in [3.05, 3.63) is 78.5 Å². The number of nitrogens with zero attached hydrogens (tertiary/aromatic N) is 1. The number of hydrogen-bond donors (Lipinski definition) is 0. The third-order valence-electron chi connectivity index (χ3n) is 4.39. The predicted molar refractivity (Wildman–Crippen MR) is 97.2 cm³/mol. The Balaban J connectivity index is 1.67. The summed E-state index contributed by atoms with van der Waals surface area (Å²) in [6.45, 7) is 1.84. The number of hydrogen-bond acceptors (Lipinski definition) is 4. The molecule has 0 unspecified atom stereocenters. The zero-order valence-electron chi connectivity index (χ0n) is 14.7. The Hall–Kier alpha value is -3.28. The van der Waals surface area contributed by atoms with Gasteiger partial charge in [0.15, 0.2) is 11.5 Å². The van der Waals surface area contributed by atoms with Gasteiger partial charge < -0.3 is 13.9 Å². The summed E-state index contributed by atoms with van der Waals surface area (Å²) in [6.07, 6.45) is 0.0751. The van der Waals surface area contributed by atoms with Crippen molar-refractivity contribution in [2.75, 3.05) is 4.90 Å². The van der Waals surface area contributed by atoms with Gasteiger partial charge in [-0.3, -0.25) is 9.69 Å². The summed E-state index contributed by atoms with van der Waals surface area (Å²) >= 11 is 0. The Morgan fingerprint density at radius 1 is 1.00 bits per heavy atom. The predicted octanol–water partition coefficient (Wildman–Crippen LogP) is 4.18. The number of ether oxygens (including phenoxy) is 2. The molecule has 27 heavy (non-hydrogen) atoms. The number of benzene rings is 2. The first-order chi connectivity index (χ1) is 13.1. The van der Waals surface area contributed by atoms with Crippen molar-refractivity contribution in [1.29, 1.82) is 0 Å². The quantitative estimate of drug-likeness (QED) is 0.694. The lowest BCUT2D eigenvalue weighted by atomic mass is 10.1. The van der Waals surface area contributed by atoms with E-state index in [9.17, 15) is 9.18 Å². The van der Waals surface area contributed by atoms with Crippen molar-refractivity contribution in [1.82, 2.24) is 0 Å². The fourth-order valence-electron chi connectivity index (χ4n) is 3.06. The van der Waals surface area contributed by atoms with Crippen LogP contribution in [-0.2, 0) is 11.3 Å². The minimum atomic E-state index is -0.908. The zero-order valence-corrected chi connectivity index (χ0v) is 14.7. The van der Waals surface area contributed by atoms with Crippen LogP contribution in [0, 0.1) is 5.82 Å².